The lowest BCUT2D eigenvalue weighted by atomic mass is 10.2. The highest BCUT2D eigenvalue weighted by molar-refractivity contribution is 6.34. The fourth-order valence-corrected chi connectivity index (χ4v) is 2.05. The van der Waals surface area contributed by atoms with Crippen molar-refractivity contribution in [1.82, 2.24) is 0 Å². The lowest BCUT2D eigenvalue weighted by Crippen LogP contribution is -2.13. The maximum Gasteiger partial charge on any atom is 0.271 e. The van der Waals surface area contributed by atoms with E-state index < -0.39 is 4.92 Å². The molecule has 7 heteroatoms. The van der Waals surface area contributed by atoms with E-state index in [1.165, 1.54) is 18.2 Å². The molecule has 0 aliphatic rings. The second-order valence-corrected chi connectivity index (χ2v) is 5.22. The summed E-state index contributed by atoms with van der Waals surface area (Å²) in [5, 5.41) is 13.4. The highest BCUT2D eigenvalue weighted by Crippen LogP contribution is 2.27. The van der Waals surface area contributed by atoms with Crippen molar-refractivity contribution < 1.29 is 9.72 Å². The molecule has 114 valence electrons. The number of benzene rings is 2. The molecule has 0 heterocycles. The lowest BCUT2D eigenvalue weighted by Gasteiger charge is -2.13. The summed E-state index contributed by atoms with van der Waals surface area (Å²) in [5.74, 6) is -0.332. The predicted octanol–water partition coefficient (Wildman–Crippen LogP) is 3.57. The number of nitro benzene ring substituents is 1. The molecule has 0 aliphatic heterocycles. The van der Waals surface area contributed by atoms with Crippen molar-refractivity contribution in [3.63, 3.8) is 0 Å². The molecule has 0 atom stereocenters. The van der Waals surface area contributed by atoms with E-state index in [0.717, 1.165) is 5.69 Å². The van der Waals surface area contributed by atoms with Gasteiger partial charge >= 0.3 is 0 Å². The number of carbonyl (C=O) groups excluding carboxylic acids is 1. The van der Waals surface area contributed by atoms with Crippen LogP contribution in [0.25, 0.3) is 0 Å². The average molecular weight is 320 g/mol. The summed E-state index contributed by atoms with van der Waals surface area (Å²) in [6, 6.07) is 10.9. The van der Waals surface area contributed by atoms with Crippen LogP contribution in [0, 0.1) is 10.1 Å². The minimum Gasteiger partial charge on any atom is -0.378 e. The zero-order valence-electron chi connectivity index (χ0n) is 12.0. The van der Waals surface area contributed by atoms with Gasteiger partial charge in [0.2, 0.25) is 0 Å². The molecule has 0 saturated carbocycles. The quantitative estimate of drug-likeness (QED) is 0.690. The summed E-state index contributed by atoms with van der Waals surface area (Å²) < 4.78 is 0. The zero-order chi connectivity index (χ0) is 16.3. The molecule has 2 aromatic rings. The maximum atomic E-state index is 12.1. The Bertz CT molecular complexity index is 714. The Morgan fingerprint density at radius 1 is 1.18 bits per heavy atom. The summed E-state index contributed by atoms with van der Waals surface area (Å²) in [5.41, 5.74) is 1.65. The van der Waals surface area contributed by atoms with Crippen molar-refractivity contribution in [2.24, 2.45) is 0 Å². The van der Waals surface area contributed by atoms with Crippen LogP contribution in [0.4, 0.5) is 17.1 Å². The topological polar surface area (TPSA) is 75.5 Å². The number of hydrogen-bond donors (Lipinski definition) is 1. The van der Waals surface area contributed by atoms with Gasteiger partial charge in [0, 0.05) is 37.5 Å². The molecule has 2 rings (SSSR count). The number of nitrogens with zero attached hydrogens (tertiary/aromatic N) is 2. The van der Waals surface area contributed by atoms with E-state index in [-0.39, 0.29) is 16.6 Å². The SMILES string of the molecule is CN(C)c1ccc(C(=O)Nc2ccc([N+](=O)[O-])cc2Cl)cc1. The third-order valence-electron chi connectivity index (χ3n) is 3.06. The van der Waals surface area contributed by atoms with Crippen LogP contribution < -0.4 is 10.2 Å². The number of carbonyl (C=O) groups is 1. The van der Waals surface area contributed by atoms with Crippen molar-refractivity contribution in [2.75, 3.05) is 24.3 Å². The monoisotopic (exact) mass is 319 g/mol. The molecule has 0 aliphatic carbocycles. The molecule has 22 heavy (non-hydrogen) atoms. The molecule has 1 N–H and O–H groups in total. The Morgan fingerprint density at radius 2 is 1.82 bits per heavy atom. The summed E-state index contributed by atoms with van der Waals surface area (Å²) in [7, 11) is 3.82. The Hall–Kier alpha value is -2.60. The Morgan fingerprint density at radius 3 is 2.32 bits per heavy atom. The van der Waals surface area contributed by atoms with Gasteiger partial charge in [0.15, 0.2) is 0 Å². The molecule has 2 aromatic carbocycles. The molecule has 0 unspecified atom stereocenters. The molecule has 0 fully saturated rings. The number of non-ortho nitro benzene ring substituents is 1. The van der Waals surface area contributed by atoms with Crippen LogP contribution in [0.2, 0.25) is 5.02 Å². The standard InChI is InChI=1S/C15H14ClN3O3/c1-18(2)11-5-3-10(4-6-11)15(20)17-14-8-7-12(19(21)22)9-13(14)16/h3-9H,1-2H3,(H,17,20). The van der Waals surface area contributed by atoms with Crippen molar-refractivity contribution in [1.29, 1.82) is 0 Å². The van der Waals surface area contributed by atoms with Gasteiger partial charge in [-0.15, -0.1) is 0 Å². The van der Waals surface area contributed by atoms with E-state index in [2.05, 4.69) is 5.32 Å². The van der Waals surface area contributed by atoms with Crippen LogP contribution in [-0.2, 0) is 0 Å². The number of anilines is 2. The van der Waals surface area contributed by atoms with E-state index in [9.17, 15) is 14.9 Å². The van der Waals surface area contributed by atoms with Crippen molar-refractivity contribution >= 4 is 34.6 Å². The Labute approximate surface area is 132 Å². The van der Waals surface area contributed by atoms with E-state index in [1.54, 1.807) is 12.1 Å². The third-order valence-corrected chi connectivity index (χ3v) is 3.37. The second-order valence-electron chi connectivity index (χ2n) is 4.82. The fraction of sp³-hybridized carbons (Fsp3) is 0.133. The van der Waals surface area contributed by atoms with Gasteiger partial charge in [-0.1, -0.05) is 11.6 Å². The van der Waals surface area contributed by atoms with Crippen LogP contribution in [-0.4, -0.2) is 24.9 Å². The predicted molar refractivity (Wildman–Crippen MR) is 86.8 cm³/mol. The number of nitro groups is 1. The summed E-state index contributed by atoms with van der Waals surface area (Å²) >= 11 is 5.95. The van der Waals surface area contributed by atoms with Crippen LogP contribution in [0.1, 0.15) is 10.4 Å². The van der Waals surface area contributed by atoms with E-state index in [1.807, 2.05) is 31.1 Å². The molecule has 0 radical (unpaired) electrons. The fourth-order valence-electron chi connectivity index (χ4n) is 1.82. The smallest absolute Gasteiger partial charge is 0.271 e. The summed E-state index contributed by atoms with van der Waals surface area (Å²) in [4.78, 5) is 24.2. The highest BCUT2D eigenvalue weighted by Gasteiger charge is 2.12. The van der Waals surface area contributed by atoms with Crippen molar-refractivity contribution in [2.45, 2.75) is 0 Å². The largest absolute Gasteiger partial charge is 0.378 e. The molecule has 1 amide bonds. The van der Waals surface area contributed by atoms with Crippen LogP contribution in [0.5, 0.6) is 0 Å². The van der Waals surface area contributed by atoms with Crippen LogP contribution in [0.15, 0.2) is 42.5 Å². The first-order valence-corrected chi connectivity index (χ1v) is 6.79. The van der Waals surface area contributed by atoms with Crippen LogP contribution >= 0.6 is 11.6 Å². The summed E-state index contributed by atoms with van der Waals surface area (Å²) in [6.45, 7) is 0. The van der Waals surface area contributed by atoms with Gasteiger partial charge in [-0.3, -0.25) is 14.9 Å². The highest BCUT2D eigenvalue weighted by atomic mass is 35.5. The third kappa shape index (κ3) is 3.53. The molecule has 0 spiro atoms. The minimum absolute atomic E-state index is 0.118. The van der Waals surface area contributed by atoms with E-state index in [4.69, 9.17) is 11.6 Å². The maximum absolute atomic E-state index is 12.1. The van der Waals surface area contributed by atoms with Gasteiger partial charge in [-0.25, -0.2) is 0 Å². The van der Waals surface area contributed by atoms with Crippen molar-refractivity contribution in [3.8, 4) is 0 Å². The summed E-state index contributed by atoms with van der Waals surface area (Å²) in [6.07, 6.45) is 0. The Kier molecular flexibility index (Phi) is 4.62. The van der Waals surface area contributed by atoms with Gasteiger partial charge in [0.25, 0.3) is 11.6 Å². The zero-order valence-corrected chi connectivity index (χ0v) is 12.8. The number of hydrogen-bond acceptors (Lipinski definition) is 4. The van der Waals surface area contributed by atoms with Gasteiger partial charge in [0.05, 0.1) is 15.6 Å². The minimum atomic E-state index is -0.544. The van der Waals surface area contributed by atoms with Gasteiger partial charge in [-0.05, 0) is 30.3 Å². The van der Waals surface area contributed by atoms with Crippen molar-refractivity contribution in [3.05, 3.63) is 63.2 Å². The van der Waals surface area contributed by atoms with Gasteiger partial charge in [0.1, 0.15) is 0 Å². The molecular formula is C15H14ClN3O3. The number of amides is 1. The molecule has 0 aromatic heterocycles. The average Bonchev–Trinajstić information content (AvgIpc) is 2.49. The number of rotatable bonds is 4. The van der Waals surface area contributed by atoms with E-state index in [0.29, 0.717) is 11.3 Å². The molecular weight excluding hydrogens is 306 g/mol. The Balaban J connectivity index is 2.16. The number of nitrogens with one attached hydrogen (secondary N) is 1. The van der Waals surface area contributed by atoms with Gasteiger partial charge < -0.3 is 10.2 Å². The normalized spacial score (nSPS) is 10.1. The van der Waals surface area contributed by atoms with Gasteiger partial charge in [-0.2, -0.15) is 0 Å². The first-order chi connectivity index (χ1) is 10.4. The number of halogens is 1. The lowest BCUT2D eigenvalue weighted by molar-refractivity contribution is -0.384. The first-order valence-electron chi connectivity index (χ1n) is 6.41. The molecule has 0 saturated heterocycles. The van der Waals surface area contributed by atoms with Crippen LogP contribution in [0.3, 0.4) is 0 Å². The molecule has 6 nitrogen and oxygen atoms in total. The van der Waals surface area contributed by atoms with E-state index >= 15 is 0 Å². The molecule has 0 bridgehead atoms. The first kappa shape index (κ1) is 15.8. The second kappa shape index (κ2) is 6.44.